The largest absolute Gasteiger partial charge is 0.495 e. The van der Waals surface area contributed by atoms with Crippen molar-refractivity contribution in [3.63, 3.8) is 0 Å². The Hall–Kier alpha value is -3.10. The minimum absolute atomic E-state index is 0.0733. The van der Waals surface area contributed by atoms with Crippen molar-refractivity contribution in [3.05, 3.63) is 59.2 Å². The lowest BCUT2D eigenvalue weighted by Gasteiger charge is -2.48. The van der Waals surface area contributed by atoms with Crippen molar-refractivity contribution in [1.29, 1.82) is 0 Å². The Morgan fingerprint density at radius 2 is 1.95 bits per heavy atom. The SMILES string of the molecule is COc1ccc(C(=O)Cc2ccc(F)c([C@@]3(C)N=C(N)N(C)S(=O)(=O)[C@@]34CCN(S(=O)(=O)CC(C)C)C4)c2)nc1. The van der Waals surface area contributed by atoms with Crippen molar-refractivity contribution in [2.45, 2.75) is 43.9 Å². The number of sulfonamides is 2. The molecule has 0 amide bonds. The molecule has 0 radical (unpaired) electrons. The van der Waals surface area contributed by atoms with E-state index in [0.29, 0.717) is 11.3 Å². The van der Waals surface area contributed by atoms with Crippen LogP contribution >= 0.6 is 0 Å². The smallest absolute Gasteiger partial charge is 0.247 e. The third-order valence-electron chi connectivity index (χ3n) is 7.71. The highest BCUT2D eigenvalue weighted by atomic mass is 32.2. The van der Waals surface area contributed by atoms with Gasteiger partial charge in [0, 0.05) is 32.1 Å². The van der Waals surface area contributed by atoms with Gasteiger partial charge in [0.25, 0.3) is 0 Å². The lowest BCUT2D eigenvalue weighted by Crippen LogP contribution is -2.66. The topological polar surface area (TPSA) is 152 Å². The minimum atomic E-state index is -4.31. The maximum atomic E-state index is 15.6. The van der Waals surface area contributed by atoms with E-state index in [1.807, 2.05) is 0 Å². The maximum Gasteiger partial charge on any atom is 0.247 e. The molecule has 2 aliphatic heterocycles. The Bertz CT molecular complexity index is 1560. The maximum absolute atomic E-state index is 15.6. The highest BCUT2D eigenvalue weighted by Crippen LogP contribution is 2.52. The molecule has 218 valence electrons. The molecule has 1 aromatic carbocycles. The Balaban J connectivity index is 1.80. The molecule has 40 heavy (non-hydrogen) atoms. The van der Waals surface area contributed by atoms with E-state index in [0.717, 1.165) is 14.7 Å². The van der Waals surface area contributed by atoms with Gasteiger partial charge in [-0.25, -0.2) is 39.8 Å². The number of pyridine rings is 1. The van der Waals surface area contributed by atoms with Crippen LogP contribution in [0.4, 0.5) is 4.39 Å². The first kappa shape index (κ1) is 29.9. The molecule has 1 fully saturated rings. The van der Waals surface area contributed by atoms with E-state index in [2.05, 4.69) is 9.98 Å². The van der Waals surface area contributed by atoms with Crippen LogP contribution in [0.25, 0.3) is 0 Å². The van der Waals surface area contributed by atoms with Gasteiger partial charge >= 0.3 is 0 Å². The van der Waals surface area contributed by atoms with Gasteiger partial charge < -0.3 is 10.5 Å². The number of aromatic nitrogens is 1. The number of hydrogen-bond acceptors (Lipinski definition) is 9. The highest BCUT2D eigenvalue weighted by Gasteiger charge is 2.67. The van der Waals surface area contributed by atoms with E-state index in [1.54, 1.807) is 19.9 Å². The van der Waals surface area contributed by atoms with Crippen LogP contribution in [0.15, 0.2) is 41.5 Å². The molecule has 0 bridgehead atoms. The lowest BCUT2D eigenvalue weighted by molar-refractivity contribution is 0.0988. The quantitative estimate of drug-likeness (QED) is 0.454. The number of methoxy groups -OCH3 is 1. The molecule has 3 heterocycles. The van der Waals surface area contributed by atoms with Crippen LogP contribution in [-0.4, -0.2) is 79.9 Å². The van der Waals surface area contributed by atoms with Gasteiger partial charge in [-0.05, 0) is 49.1 Å². The molecule has 2 atom stereocenters. The van der Waals surface area contributed by atoms with Crippen molar-refractivity contribution >= 4 is 31.8 Å². The normalized spacial score (nSPS) is 24.9. The number of hydrogen-bond donors (Lipinski definition) is 1. The fourth-order valence-corrected chi connectivity index (χ4v) is 9.52. The van der Waals surface area contributed by atoms with Gasteiger partial charge in [-0.2, -0.15) is 0 Å². The molecule has 4 rings (SSSR count). The summed E-state index contributed by atoms with van der Waals surface area (Å²) in [7, 11) is -5.39. The molecule has 14 heteroatoms. The number of Topliss-reactive ketones (excluding diaryl/α,β-unsaturated/α-hetero) is 1. The van der Waals surface area contributed by atoms with Crippen molar-refractivity contribution in [1.82, 2.24) is 13.6 Å². The third kappa shape index (κ3) is 4.85. The van der Waals surface area contributed by atoms with E-state index < -0.39 is 42.7 Å². The predicted octanol–water partition coefficient (Wildman–Crippen LogP) is 1.89. The molecule has 2 aliphatic rings. The average molecular weight is 596 g/mol. The van der Waals surface area contributed by atoms with Crippen LogP contribution in [0.1, 0.15) is 48.8 Å². The van der Waals surface area contributed by atoms with Crippen LogP contribution in [0.5, 0.6) is 5.75 Å². The Labute approximate surface area is 234 Å². The predicted molar refractivity (Wildman–Crippen MR) is 148 cm³/mol. The third-order valence-corrected chi connectivity index (χ3v) is 12.5. The van der Waals surface area contributed by atoms with E-state index in [1.165, 1.54) is 45.5 Å². The molecule has 1 saturated heterocycles. The fourth-order valence-electron chi connectivity index (χ4n) is 5.46. The minimum Gasteiger partial charge on any atom is -0.495 e. The molecule has 11 nitrogen and oxygen atoms in total. The lowest BCUT2D eigenvalue weighted by atomic mass is 9.77. The summed E-state index contributed by atoms with van der Waals surface area (Å²) in [4.78, 5) is 21.5. The number of guanidine groups is 1. The van der Waals surface area contributed by atoms with Crippen molar-refractivity contribution < 1.29 is 30.8 Å². The summed E-state index contributed by atoms with van der Waals surface area (Å²) in [6.45, 7) is 4.48. The van der Waals surface area contributed by atoms with Gasteiger partial charge in [0.15, 0.2) is 5.78 Å². The summed E-state index contributed by atoms with van der Waals surface area (Å²) in [5, 5.41) is 0. The standard InChI is InChI=1S/C26H34FN5O6S2/c1-17(2)15-39(34,35)32-11-10-26(16-32)25(3,30-24(28)31(4)40(26,36)37)20-12-18(6-8-21(20)27)13-23(33)22-9-7-19(38-5)14-29-22/h6-9,12,14,17H,10-11,13,15-16H2,1-5H3,(H2,28,30)/t25-,26-/m1/s1. The van der Waals surface area contributed by atoms with Crippen LogP contribution in [0.2, 0.25) is 0 Å². The molecule has 0 saturated carbocycles. The second-order valence-corrected chi connectivity index (χ2v) is 15.1. The fraction of sp³-hybridized carbons (Fsp3) is 0.500. The number of carbonyl (C=O) groups excluding carboxylic acids is 1. The van der Waals surface area contributed by atoms with Gasteiger partial charge in [0.1, 0.15) is 27.5 Å². The zero-order valence-electron chi connectivity index (χ0n) is 23.1. The van der Waals surface area contributed by atoms with E-state index in [4.69, 9.17) is 10.5 Å². The Morgan fingerprint density at radius 1 is 1.25 bits per heavy atom. The zero-order valence-corrected chi connectivity index (χ0v) is 24.7. The van der Waals surface area contributed by atoms with Crippen molar-refractivity contribution in [2.75, 3.05) is 33.0 Å². The van der Waals surface area contributed by atoms with Crippen LogP contribution in [0.3, 0.4) is 0 Å². The first-order chi connectivity index (χ1) is 18.6. The molecule has 1 spiro atoms. The number of halogens is 1. The summed E-state index contributed by atoms with van der Waals surface area (Å²) < 4.78 is 75.0. The first-order valence-electron chi connectivity index (χ1n) is 12.7. The van der Waals surface area contributed by atoms with Gasteiger partial charge in [0.05, 0.1) is 19.1 Å². The number of ketones is 1. The molecule has 2 aromatic rings. The highest BCUT2D eigenvalue weighted by molar-refractivity contribution is 7.91. The van der Waals surface area contributed by atoms with Gasteiger partial charge in [0.2, 0.25) is 26.0 Å². The number of ether oxygens (including phenoxy) is 1. The summed E-state index contributed by atoms with van der Waals surface area (Å²) in [6.07, 6.45) is 1.15. The number of nitrogens with two attached hydrogens (primary N) is 1. The number of carbonyl (C=O) groups is 1. The average Bonchev–Trinajstić information content (AvgIpc) is 3.37. The summed E-state index contributed by atoms with van der Waals surface area (Å²) in [6, 6.07) is 7.10. The van der Waals surface area contributed by atoms with Gasteiger partial charge in [-0.15, -0.1) is 0 Å². The number of aliphatic imine (C=N–C) groups is 1. The Morgan fingerprint density at radius 3 is 2.55 bits per heavy atom. The van der Waals surface area contributed by atoms with E-state index >= 15 is 4.39 Å². The van der Waals surface area contributed by atoms with Gasteiger partial charge in [-0.3, -0.25) is 4.79 Å². The second-order valence-electron chi connectivity index (χ2n) is 10.8. The van der Waals surface area contributed by atoms with Gasteiger partial charge in [-0.1, -0.05) is 19.9 Å². The van der Waals surface area contributed by atoms with Crippen LogP contribution in [0, 0.1) is 11.7 Å². The molecule has 2 N–H and O–H groups in total. The first-order valence-corrected chi connectivity index (χ1v) is 15.8. The van der Waals surface area contributed by atoms with E-state index in [9.17, 15) is 21.6 Å². The summed E-state index contributed by atoms with van der Waals surface area (Å²) in [5.74, 6) is -1.30. The molecule has 1 aromatic heterocycles. The second kappa shape index (κ2) is 10.4. The number of rotatable bonds is 8. The summed E-state index contributed by atoms with van der Waals surface area (Å²) >= 11 is 0. The zero-order chi connectivity index (χ0) is 29.7. The number of nitrogens with zero attached hydrogens (tertiary/aromatic N) is 4. The van der Waals surface area contributed by atoms with Crippen LogP contribution < -0.4 is 10.5 Å². The van der Waals surface area contributed by atoms with Crippen molar-refractivity contribution in [2.24, 2.45) is 16.6 Å². The van der Waals surface area contributed by atoms with E-state index in [-0.39, 0.29) is 54.1 Å². The molecular formula is C26H34FN5O6S2. The summed E-state index contributed by atoms with van der Waals surface area (Å²) in [5.41, 5.74) is 4.73. The monoisotopic (exact) mass is 595 g/mol. The van der Waals surface area contributed by atoms with Crippen LogP contribution in [-0.2, 0) is 32.0 Å². The number of benzene rings is 1. The Kier molecular flexibility index (Phi) is 7.75. The molecule has 0 aliphatic carbocycles. The molecular weight excluding hydrogens is 561 g/mol. The molecule has 0 unspecified atom stereocenters. The van der Waals surface area contributed by atoms with Crippen molar-refractivity contribution in [3.8, 4) is 5.75 Å².